The summed E-state index contributed by atoms with van der Waals surface area (Å²) in [5.74, 6) is 0.209. The maximum Gasteiger partial charge on any atom is 0.344 e. The Morgan fingerprint density at radius 1 is 0.879 bits per heavy atom. The van der Waals surface area contributed by atoms with Gasteiger partial charge in [0.2, 0.25) is 0 Å². The lowest BCUT2D eigenvalue weighted by atomic mass is 10.1. The number of rotatable bonds is 7. The number of carbonyl (C=O) groups is 2. The van der Waals surface area contributed by atoms with Gasteiger partial charge in [-0.3, -0.25) is 4.79 Å². The lowest BCUT2D eigenvalue weighted by molar-refractivity contribution is -0.123. The molecule has 0 unspecified atom stereocenters. The number of hydrogen-bond donors (Lipinski definition) is 1. The van der Waals surface area contributed by atoms with Crippen LogP contribution in [0.15, 0.2) is 101 Å². The Kier molecular flexibility index (Phi) is 7.12. The number of nitrogens with one attached hydrogen (secondary N) is 1. The maximum absolute atomic E-state index is 12.3. The molecule has 1 N–H and O–H groups in total. The maximum atomic E-state index is 12.3. The molecule has 0 fully saturated rings. The molecular weight excluding hydrogens is 484 g/mol. The molecule has 0 saturated heterocycles. The van der Waals surface area contributed by atoms with E-state index in [1.165, 1.54) is 6.21 Å². The number of halogens is 1. The van der Waals surface area contributed by atoms with Crippen molar-refractivity contribution in [1.82, 2.24) is 5.43 Å². The van der Waals surface area contributed by atoms with Gasteiger partial charge in [-0.2, -0.15) is 5.10 Å². The van der Waals surface area contributed by atoms with E-state index in [0.717, 1.165) is 16.3 Å². The molecule has 0 spiro atoms. The second kappa shape index (κ2) is 10.6. The Balaban J connectivity index is 1.28. The Bertz CT molecular complexity index is 1310. The predicted molar refractivity (Wildman–Crippen MR) is 131 cm³/mol. The van der Waals surface area contributed by atoms with Crippen molar-refractivity contribution in [2.45, 2.75) is 0 Å². The van der Waals surface area contributed by atoms with Crippen molar-refractivity contribution >= 4 is 44.8 Å². The summed E-state index contributed by atoms with van der Waals surface area (Å²) in [6.07, 6.45) is 1.50. The van der Waals surface area contributed by atoms with Gasteiger partial charge in [0.1, 0.15) is 11.5 Å². The number of amides is 1. The molecule has 0 saturated carbocycles. The van der Waals surface area contributed by atoms with Crippen LogP contribution in [0, 0.1) is 0 Å². The van der Waals surface area contributed by atoms with Crippen LogP contribution in [0.25, 0.3) is 10.8 Å². The molecule has 0 aliphatic rings. The summed E-state index contributed by atoms with van der Waals surface area (Å²) in [6.45, 7) is -0.157. The second-order valence-corrected chi connectivity index (χ2v) is 7.85. The minimum atomic E-state index is -0.456. The summed E-state index contributed by atoms with van der Waals surface area (Å²) in [5, 5.41) is 5.93. The van der Waals surface area contributed by atoms with E-state index in [1.54, 1.807) is 42.5 Å². The topological polar surface area (TPSA) is 77.0 Å². The van der Waals surface area contributed by atoms with Gasteiger partial charge in [0.05, 0.1) is 11.8 Å². The Hall–Kier alpha value is -3.97. The highest BCUT2D eigenvalue weighted by molar-refractivity contribution is 9.10. The first-order valence-electron chi connectivity index (χ1n) is 10.1. The van der Waals surface area contributed by atoms with Crippen molar-refractivity contribution < 1.29 is 19.1 Å². The predicted octanol–water partition coefficient (Wildman–Crippen LogP) is 5.35. The number of esters is 1. The molecule has 33 heavy (non-hydrogen) atoms. The third-order valence-corrected chi connectivity index (χ3v) is 5.39. The third-order valence-electron chi connectivity index (χ3n) is 4.70. The normalized spacial score (nSPS) is 10.8. The van der Waals surface area contributed by atoms with Gasteiger partial charge in [-0.1, -0.05) is 48.5 Å². The van der Waals surface area contributed by atoms with Crippen LogP contribution in [-0.2, 0) is 4.79 Å². The standard InChI is InChI=1S/C26H19BrN2O4/c27-23-10-4-3-9-22(23)26(31)33-20-14-12-18(13-15-20)16-28-29-25(30)17-32-24-11-5-7-19-6-1-2-8-21(19)24/h1-16H,17H2,(H,29,30)/b28-16+. The van der Waals surface area contributed by atoms with Crippen molar-refractivity contribution in [3.05, 3.63) is 107 Å². The lowest BCUT2D eigenvalue weighted by Crippen LogP contribution is -2.24. The smallest absolute Gasteiger partial charge is 0.344 e. The van der Waals surface area contributed by atoms with E-state index in [4.69, 9.17) is 9.47 Å². The zero-order valence-corrected chi connectivity index (χ0v) is 19.0. The first kappa shape index (κ1) is 22.2. The molecule has 6 nitrogen and oxygen atoms in total. The molecule has 0 heterocycles. The van der Waals surface area contributed by atoms with Crippen molar-refractivity contribution in [2.24, 2.45) is 5.10 Å². The monoisotopic (exact) mass is 502 g/mol. The Morgan fingerprint density at radius 3 is 2.42 bits per heavy atom. The summed E-state index contributed by atoms with van der Waals surface area (Å²) < 4.78 is 11.7. The van der Waals surface area contributed by atoms with Crippen molar-refractivity contribution in [2.75, 3.05) is 6.61 Å². The third kappa shape index (κ3) is 5.84. The van der Waals surface area contributed by atoms with Crippen LogP contribution < -0.4 is 14.9 Å². The molecule has 0 aromatic heterocycles. The average Bonchev–Trinajstić information content (AvgIpc) is 2.84. The zero-order chi connectivity index (χ0) is 23.0. The molecule has 0 bridgehead atoms. The molecule has 164 valence electrons. The zero-order valence-electron chi connectivity index (χ0n) is 17.4. The first-order chi connectivity index (χ1) is 16.1. The van der Waals surface area contributed by atoms with E-state index in [0.29, 0.717) is 21.5 Å². The number of nitrogens with zero attached hydrogens (tertiary/aromatic N) is 1. The minimum absolute atomic E-state index is 0.157. The molecule has 0 aliphatic heterocycles. The number of hydrogen-bond acceptors (Lipinski definition) is 5. The molecule has 4 aromatic rings. The van der Waals surface area contributed by atoms with Crippen LogP contribution in [0.2, 0.25) is 0 Å². The summed E-state index contributed by atoms with van der Waals surface area (Å²) in [6, 6.07) is 27.3. The number of ether oxygens (including phenoxy) is 2. The van der Waals surface area contributed by atoms with Crippen LogP contribution in [0.3, 0.4) is 0 Å². The highest BCUT2D eigenvalue weighted by atomic mass is 79.9. The fraction of sp³-hybridized carbons (Fsp3) is 0.0385. The van der Waals surface area contributed by atoms with E-state index in [-0.39, 0.29) is 12.5 Å². The van der Waals surface area contributed by atoms with Crippen molar-refractivity contribution in [1.29, 1.82) is 0 Å². The van der Waals surface area contributed by atoms with Gasteiger partial charge in [-0.25, -0.2) is 10.2 Å². The highest BCUT2D eigenvalue weighted by Gasteiger charge is 2.11. The molecule has 1 amide bonds. The summed E-state index contributed by atoms with van der Waals surface area (Å²) >= 11 is 3.34. The first-order valence-corrected chi connectivity index (χ1v) is 10.9. The summed E-state index contributed by atoms with van der Waals surface area (Å²) in [4.78, 5) is 24.3. The lowest BCUT2D eigenvalue weighted by Gasteiger charge is -2.08. The van der Waals surface area contributed by atoms with Gasteiger partial charge in [-0.15, -0.1) is 0 Å². The van der Waals surface area contributed by atoms with E-state index < -0.39 is 5.97 Å². The Morgan fingerprint density at radius 2 is 1.61 bits per heavy atom. The summed E-state index contributed by atoms with van der Waals surface area (Å²) in [7, 11) is 0. The Labute approximate surface area is 199 Å². The quantitative estimate of drug-likeness (QED) is 0.160. The van der Waals surface area contributed by atoms with Gasteiger partial charge >= 0.3 is 5.97 Å². The van der Waals surface area contributed by atoms with Gasteiger partial charge in [0.25, 0.3) is 5.91 Å². The van der Waals surface area contributed by atoms with Crippen molar-refractivity contribution in [3.63, 3.8) is 0 Å². The number of benzene rings is 4. The average molecular weight is 503 g/mol. The van der Waals surface area contributed by atoms with E-state index in [9.17, 15) is 9.59 Å². The van der Waals surface area contributed by atoms with Gasteiger partial charge in [-0.05, 0) is 69.3 Å². The van der Waals surface area contributed by atoms with Crippen LogP contribution in [-0.4, -0.2) is 24.7 Å². The molecular formula is C26H19BrN2O4. The van der Waals surface area contributed by atoms with Crippen LogP contribution >= 0.6 is 15.9 Å². The van der Waals surface area contributed by atoms with E-state index in [2.05, 4.69) is 26.5 Å². The molecule has 0 aliphatic carbocycles. The van der Waals surface area contributed by atoms with E-state index >= 15 is 0 Å². The molecule has 7 heteroatoms. The SMILES string of the molecule is O=C(COc1cccc2ccccc12)N/N=C/c1ccc(OC(=O)c2ccccc2Br)cc1. The number of carbonyl (C=O) groups excluding carboxylic acids is 2. The van der Waals surface area contributed by atoms with Gasteiger partial charge in [0.15, 0.2) is 6.61 Å². The number of fused-ring (bicyclic) bond motifs is 1. The van der Waals surface area contributed by atoms with E-state index in [1.807, 2.05) is 48.5 Å². The largest absolute Gasteiger partial charge is 0.483 e. The van der Waals surface area contributed by atoms with Crippen LogP contribution in [0.5, 0.6) is 11.5 Å². The fourth-order valence-electron chi connectivity index (χ4n) is 3.09. The van der Waals surface area contributed by atoms with Crippen LogP contribution in [0.4, 0.5) is 0 Å². The molecule has 4 aromatic carbocycles. The second-order valence-electron chi connectivity index (χ2n) is 7.00. The van der Waals surface area contributed by atoms with Crippen molar-refractivity contribution in [3.8, 4) is 11.5 Å². The molecule has 0 radical (unpaired) electrons. The molecule has 4 rings (SSSR count). The van der Waals surface area contributed by atoms with Gasteiger partial charge < -0.3 is 9.47 Å². The summed E-state index contributed by atoms with van der Waals surface area (Å²) in [5.41, 5.74) is 3.61. The minimum Gasteiger partial charge on any atom is -0.483 e. The highest BCUT2D eigenvalue weighted by Crippen LogP contribution is 2.25. The number of hydrazone groups is 1. The fourth-order valence-corrected chi connectivity index (χ4v) is 3.53. The van der Waals surface area contributed by atoms with Gasteiger partial charge in [0, 0.05) is 9.86 Å². The van der Waals surface area contributed by atoms with Crippen LogP contribution in [0.1, 0.15) is 15.9 Å². The molecule has 0 atom stereocenters.